The van der Waals surface area contributed by atoms with Crippen LogP contribution in [0.4, 0.5) is 0 Å². The molecule has 0 fully saturated rings. The van der Waals surface area contributed by atoms with Crippen molar-refractivity contribution < 1.29 is 0 Å². The summed E-state index contributed by atoms with van der Waals surface area (Å²) in [6, 6.07) is 73.7. The number of imidazole rings is 1. The summed E-state index contributed by atoms with van der Waals surface area (Å²) in [6.07, 6.45) is 4.20. The molecule has 8 aromatic carbocycles. The van der Waals surface area contributed by atoms with Gasteiger partial charge in [0.15, 0.2) is 17.5 Å². The van der Waals surface area contributed by atoms with Crippen LogP contribution in [0.3, 0.4) is 0 Å². The summed E-state index contributed by atoms with van der Waals surface area (Å²) in [6.45, 7) is 0. The zero-order chi connectivity index (χ0) is 43.6. The van der Waals surface area contributed by atoms with Gasteiger partial charge in [-0.1, -0.05) is 176 Å². The molecule has 0 aliphatic heterocycles. The van der Waals surface area contributed by atoms with Crippen LogP contribution in [0, 0.1) is 0 Å². The van der Waals surface area contributed by atoms with Gasteiger partial charge in [-0.3, -0.25) is 0 Å². The van der Waals surface area contributed by atoms with E-state index < -0.39 is 0 Å². The molecular weight excluding hydrogens is 807 g/mol. The van der Waals surface area contributed by atoms with Crippen LogP contribution in [0.25, 0.3) is 123 Å². The standard InChI is InChI=1S/C59H37N7/c1-4-15-39(16-5-1)51-37-65-34-33-49-54(59(65)61-51)48-32-31-43(36-50(48)60-55(49)40-17-6-2-7-18-40)38-27-29-42(30-28-38)57-62-56(41-19-8-3-9-20-41)63-58(64-57)44-21-14-22-45(35-44)66-52-25-12-10-23-46(52)47-24-11-13-26-53(47)66/h1-37H. The van der Waals surface area contributed by atoms with E-state index in [1.807, 2.05) is 42.5 Å². The Hall–Kier alpha value is -9.07. The first-order chi connectivity index (χ1) is 32.7. The molecule has 66 heavy (non-hydrogen) atoms. The molecule has 0 N–H and O–H groups in total. The Morgan fingerprint density at radius 1 is 0.333 bits per heavy atom. The summed E-state index contributed by atoms with van der Waals surface area (Å²) in [5, 5.41) is 5.62. The average molecular weight is 844 g/mol. The first kappa shape index (κ1) is 37.5. The molecule has 0 atom stereocenters. The van der Waals surface area contributed by atoms with Gasteiger partial charge in [0.1, 0.15) is 5.65 Å². The first-order valence-corrected chi connectivity index (χ1v) is 22.1. The molecule has 0 bridgehead atoms. The number of hydrogen-bond acceptors (Lipinski definition) is 5. The van der Waals surface area contributed by atoms with Crippen molar-refractivity contribution in [3.63, 3.8) is 0 Å². The number of pyridine rings is 2. The fourth-order valence-electron chi connectivity index (χ4n) is 9.42. The molecule has 0 amide bonds. The predicted molar refractivity (Wildman–Crippen MR) is 268 cm³/mol. The van der Waals surface area contributed by atoms with E-state index in [4.69, 9.17) is 24.9 Å². The molecule has 13 aromatic rings. The molecule has 7 heteroatoms. The van der Waals surface area contributed by atoms with Gasteiger partial charge in [0.2, 0.25) is 0 Å². The molecule has 0 saturated heterocycles. The van der Waals surface area contributed by atoms with Gasteiger partial charge in [-0.25, -0.2) is 24.9 Å². The van der Waals surface area contributed by atoms with Gasteiger partial charge in [0.05, 0.1) is 27.9 Å². The molecule has 308 valence electrons. The molecule has 13 rings (SSSR count). The molecular formula is C59H37N7. The molecule has 0 spiro atoms. The monoisotopic (exact) mass is 843 g/mol. The molecule has 0 aliphatic carbocycles. The highest BCUT2D eigenvalue weighted by molar-refractivity contribution is 6.17. The summed E-state index contributed by atoms with van der Waals surface area (Å²) in [5.74, 6) is 1.83. The van der Waals surface area contributed by atoms with Gasteiger partial charge in [0.25, 0.3) is 0 Å². The van der Waals surface area contributed by atoms with E-state index in [1.165, 1.54) is 10.8 Å². The third kappa shape index (κ3) is 6.32. The van der Waals surface area contributed by atoms with Crippen LogP contribution in [-0.2, 0) is 0 Å². The Balaban J connectivity index is 0.912. The highest BCUT2D eigenvalue weighted by Crippen LogP contribution is 2.38. The molecule has 0 saturated carbocycles. The van der Waals surface area contributed by atoms with Crippen LogP contribution in [0.2, 0.25) is 0 Å². The number of benzene rings is 8. The Morgan fingerprint density at radius 2 is 0.879 bits per heavy atom. The largest absolute Gasteiger partial charge is 0.309 e. The van der Waals surface area contributed by atoms with Crippen LogP contribution < -0.4 is 0 Å². The van der Waals surface area contributed by atoms with Gasteiger partial charge >= 0.3 is 0 Å². The molecule has 0 aliphatic rings. The van der Waals surface area contributed by atoms with Gasteiger partial charge in [0, 0.05) is 72.8 Å². The van der Waals surface area contributed by atoms with Gasteiger partial charge in [-0.15, -0.1) is 0 Å². The van der Waals surface area contributed by atoms with Crippen molar-refractivity contribution in [1.82, 2.24) is 33.9 Å². The maximum Gasteiger partial charge on any atom is 0.164 e. The lowest BCUT2D eigenvalue weighted by Gasteiger charge is -2.13. The molecule has 0 unspecified atom stereocenters. The van der Waals surface area contributed by atoms with E-state index in [-0.39, 0.29) is 0 Å². The first-order valence-electron chi connectivity index (χ1n) is 22.1. The van der Waals surface area contributed by atoms with E-state index in [0.717, 1.165) is 94.4 Å². The maximum atomic E-state index is 5.36. The minimum atomic E-state index is 0.602. The number of aromatic nitrogens is 7. The Morgan fingerprint density at radius 3 is 1.56 bits per heavy atom. The number of fused-ring (bicyclic) bond motifs is 8. The van der Waals surface area contributed by atoms with E-state index in [1.54, 1.807) is 0 Å². The average Bonchev–Trinajstić information content (AvgIpc) is 3.99. The Labute approximate surface area is 379 Å². The topological polar surface area (TPSA) is 73.8 Å². The summed E-state index contributed by atoms with van der Waals surface area (Å²) in [5.41, 5.74) is 14.0. The van der Waals surface area contributed by atoms with Gasteiger partial charge < -0.3 is 8.97 Å². The van der Waals surface area contributed by atoms with E-state index in [2.05, 4.69) is 191 Å². The predicted octanol–water partition coefficient (Wildman–Crippen LogP) is 14.3. The van der Waals surface area contributed by atoms with Crippen LogP contribution in [0.1, 0.15) is 0 Å². The van der Waals surface area contributed by atoms with Crippen molar-refractivity contribution in [2.45, 2.75) is 0 Å². The Bertz CT molecular complexity index is 3920. The zero-order valence-electron chi connectivity index (χ0n) is 35.5. The van der Waals surface area contributed by atoms with Crippen molar-refractivity contribution in [1.29, 1.82) is 0 Å². The van der Waals surface area contributed by atoms with Gasteiger partial charge in [-0.05, 0) is 47.5 Å². The van der Waals surface area contributed by atoms with Crippen molar-refractivity contribution in [2.24, 2.45) is 0 Å². The second-order valence-electron chi connectivity index (χ2n) is 16.6. The van der Waals surface area contributed by atoms with E-state index in [9.17, 15) is 0 Å². The smallest absolute Gasteiger partial charge is 0.164 e. The van der Waals surface area contributed by atoms with E-state index >= 15 is 0 Å². The summed E-state index contributed by atoms with van der Waals surface area (Å²) >= 11 is 0. The lowest BCUT2D eigenvalue weighted by Crippen LogP contribution is -2.01. The molecule has 0 radical (unpaired) electrons. The lowest BCUT2D eigenvalue weighted by molar-refractivity contribution is 1.07. The minimum absolute atomic E-state index is 0.602. The van der Waals surface area contributed by atoms with Crippen molar-refractivity contribution in [3.05, 3.63) is 225 Å². The Kier molecular flexibility index (Phi) is 8.70. The summed E-state index contributed by atoms with van der Waals surface area (Å²) < 4.78 is 4.45. The van der Waals surface area contributed by atoms with Crippen molar-refractivity contribution in [3.8, 4) is 73.5 Å². The SMILES string of the molecule is c1ccc(-c2cn3ccc4c(-c5ccccc5)nc5cc(-c6ccc(-c7nc(-c8ccccc8)nc(-c8cccc(-n9c%10ccccc%10c%10ccccc%109)c8)n7)cc6)ccc5c4c3n2)cc1. The lowest BCUT2D eigenvalue weighted by atomic mass is 9.98. The second-order valence-corrected chi connectivity index (χ2v) is 16.6. The van der Waals surface area contributed by atoms with Crippen LogP contribution in [-0.4, -0.2) is 33.9 Å². The van der Waals surface area contributed by atoms with Crippen LogP contribution in [0.15, 0.2) is 225 Å². The molecule has 5 aromatic heterocycles. The van der Waals surface area contributed by atoms with E-state index in [0.29, 0.717) is 17.5 Å². The third-order valence-electron chi connectivity index (χ3n) is 12.6. The number of hydrogen-bond donors (Lipinski definition) is 0. The highest BCUT2D eigenvalue weighted by Gasteiger charge is 2.19. The maximum absolute atomic E-state index is 5.36. The third-order valence-corrected chi connectivity index (χ3v) is 12.6. The number of nitrogens with zero attached hydrogens (tertiary/aromatic N) is 7. The van der Waals surface area contributed by atoms with Crippen LogP contribution in [0.5, 0.6) is 0 Å². The summed E-state index contributed by atoms with van der Waals surface area (Å²) in [4.78, 5) is 25.9. The fraction of sp³-hybridized carbons (Fsp3) is 0. The second kappa shape index (κ2) is 15.3. The van der Waals surface area contributed by atoms with Crippen LogP contribution >= 0.6 is 0 Å². The van der Waals surface area contributed by atoms with Crippen molar-refractivity contribution in [2.75, 3.05) is 0 Å². The normalized spacial score (nSPS) is 11.6. The highest BCUT2D eigenvalue weighted by atomic mass is 15.0. The zero-order valence-corrected chi connectivity index (χ0v) is 35.5. The number of para-hydroxylation sites is 2. The fourth-order valence-corrected chi connectivity index (χ4v) is 9.42. The minimum Gasteiger partial charge on any atom is -0.309 e. The van der Waals surface area contributed by atoms with Gasteiger partial charge in [-0.2, -0.15) is 0 Å². The summed E-state index contributed by atoms with van der Waals surface area (Å²) in [7, 11) is 0. The molecule has 5 heterocycles. The van der Waals surface area contributed by atoms with Crippen molar-refractivity contribution >= 4 is 49.1 Å². The number of rotatable bonds is 7. The quantitative estimate of drug-likeness (QED) is 0.149. The molecule has 7 nitrogen and oxygen atoms in total.